The Labute approximate surface area is 121 Å². The average molecular weight is 264 g/mol. The molecule has 0 aliphatic heterocycles. The van der Waals surface area contributed by atoms with Gasteiger partial charge in [0.05, 0.1) is 0 Å². The number of benzene rings is 1. The summed E-state index contributed by atoms with van der Waals surface area (Å²) < 4.78 is 2.32. The van der Waals surface area contributed by atoms with Crippen molar-refractivity contribution in [3.05, 3.63) is 52.7 Å². The van der Waals surface area contributed by atoms with Crippen LogP contribution >= 0.6 is 0 Å². The van der Waals surface area contributed by atoms with Crippen molar-refractivity contribution in [2.75, 3.05) is 0 Å². The summed E-state index contributed by atoms with van der Waals surface area (Å²) in [5, 5.41) is 0. The molecule has 2 aromatic rings. The van der Waals surface area contributed by atoms with Crippen LogP contribution in [0, 0.1) is 19.8 Å². The van der Waals surface area contributed by atoms with Gasteiger partial charge in [-0.1, -0.05) is 17.7 Å². The topological polar surface area (TPSA) is 3.88 Å². The molecule has 5 rings (SSSR count). The lowest BCUT2D eigenvalue weighted by molar-refractivity contribution is -0.661. The molecular weight excluding hydrogens is 242 g/mol. The van der Waals surface area contributed by atoms with Crippen LogP contribution in [0.3, 0.4) is 0 Å². The molecule has 0 spiro atoms. The minimum absolute atomic E-state index is 0.842. The van der Waals surface area contributed by atoms with Gasteiger partial charge in [-0.05, 0) is 62.1 Å². The Morgan fingerprint density at radius 1 is 1.10 bits per heavy atom. The molecule has 0 atom stereocenters. The van der Waals surface area contributed by atoms with E-state index in [4.69, 9.17) is 0 Å². The molecule has 20 heavy (non-hydrogen) atoms. The van der Waals surface area contributed by atoms with Crippen LogP contribution in [0.2, 0.25) is 0 Å². The van der Waals surface area contributed by atoms with Crippen molar-refractivity contribution in [3.8, 4) is 11.3 Å². The highest BCUT2D eigenvalue weighted by atomic mass is 14.9. The van der Waals surface area contributed by atoms with Crippen molar-refractivity contribution in [3.63, 3.8) is 0 Å². The van der Waals surface area contributed by atoms with Crippen molar-refractivity contribution >= 4 is 0 Å². The number of pyridine rings is 1. The lowest BCUT2D eigenvalue weighted by Gasteiger charge is -2.41. The molecule has 2 bridgehead atoms. The summed E-state index contributed by atoms with van der Waals surface area (Å²) in [6.07, 6.45) is 6.52. The third-order valence-electron chi connectivity index (χ3n) is 5.23. The van der Waals surface area contributed by atoms with Gasteiger partial charge in [0.15, 0.2) is 6.20 Å². The van der Waals surface area contributed by atoms with Crippen LogP contribution in [0.5, 0.6) is 0 Å². The van der Waals surface area contributed by atoms with Gasteiger partial charge in [-0.25, -0.2) is 4.57 Å². The van der Waals surface area contributed by atoms with E-state index < -0.39 is 0 Å². The summed E-state index contributed by atoms with van der Waals surface area (Å²) in [5.74, 6) is 1.81. The molecule has 1 aromatic heterocycles. The van der Waals surface area contributed by atoms with Gasteiger partial charge in [0.2, 0.25) is 5.69 Å². The third kappa shape index (κ3) is 1.72. The van der Waals surface area contributed by atoms with Gasteiger partial charge in [-0.2, -0.15) is 0 Å². The first-order valence-corrected chi connectivity index (χ1v) is 7.72. The number of aromatic nitrogens is 1. The lowest BCUT2D eigenvalue weighted by Crippen LogP contribution is -2.37. The van der Waals surface area contributed by atoms with E-state index in [0.29, 0.717) is 0 Å². The number of rotatable bonds is 1. The zero-order valence-corrected chi connectivity index (χ0v) is 12.6. The maximum atomic E-state index is 2.47. The predicted octanol–water partition coefficient (Wildman–Crippen LogP) is 3.84. The van der Waals surface area contributed by atoms with Crippen molar-refractivity contribution in [2.45, 2.75) is 39.0 Å². The summed E-state index contributed by atoms with van der Waals surface area (Å²) in [6.45, 7) is 4.39. The Kier molecular flexibility index (Phi) is 2.54. The number of hydrogen-bond acceptors (Lipinski definition) is 0. The quantitative estimate of drug-likeness (QED) is 0.689. The Balaban J connectivity index is 1.87. The summed E-state index contributed by atoms with van der Waals surface area (Å²) in [4.78, 5) is 0. The van der Waals surface area contributed by atoms with E-state index in [9.17, 15) is 0 Å². The molecule has 0 N–H and O–H groups in total. The van der Waals surface area contributed by atoms with Crippen molar-refractivity contribution < 1.29 is 4.57 Å². The van der Waals surface area contributed by atoms with Gasteiger partial charge in [-0.15, -0.1) is 0 Å². The molecule has 3 aliphatic rings. The molecule has 1 saturated carbocycles. The smallest absolute Gasteiger partial charge is 0.201 e. The normalized spacial score (nSPS) is 23.1. The van der Waals surface area contributed by atoms with Gasteiger partial charge in [0.1, 0.15) is 7.05 Å². The van der Waals surface area contributed by atoms with E-state index >= 15 is 0 Å². The van der Waals surface area contributed by atoms with E-state index in [-0.39, 0.29) is 0 Å². The fourth-order valence-electron chi connectivity index (χ4n) is 4.11. The Hall–Kier alpha value is -1.63. The Morgan fingerprint density at radius 2 is 1.90 bits per heavy atom. The summed E-state index contributed by atoms with van der Waals surface area (Å²) in [6, 6.07) is 9.25. The number of aryl methyl sites for hydroxylation is 3. The molecule has 0 radical (unpaired) electrons. The summed E-state index contributed by atoms with van der Waals surface area (Å²) >= 11 is 0. The summed E-state index contributed by atoms with van der Waals surface area (Å²) in [5.41, 5.74) is 8.68. The highest BCUT2D eigenvalue weighted by Crippen LogP contribution is 2.49. The Bertz CT molecular complexity index is 693. The van der Waals surface area contributed by atoms with E-state index in [0.717, 1.165) is 11.8 Å². The molecular formula is C19H22N+. The first kappa shape index (κ1) is 12.1. The second-order valence-corrected chi connectivity index (χ2v) is 6.81. The molecule has 0 amide bonds. The fourth-order valence-corrected chi connectivity index (χ4v) is 4.11. The van der Waals surface area contributed by atoms with Crippen LogP contribution < -0.4 is 4.57 Å². The molecule has 1 aromatic carbocycles. The van der Waals surface area contributed by atoms with E-state index in [1.165, 1.54) is 41.6 Å². The lowest BCUT2D eigenvalue weighted by atomic mass is 9.63. The van der Waals surface area contributed by atoms with E-state index in [2.05, 4.69) is 55.9 Å². The van der Waals surface area contributed by atoms with Crippen molar-refractivity contribution in [2.24, 2.45) is 13.0 Å². The van der Waals surface area contributed by atoms with Crippen LogP contribution in [-0.4, -0.2) is 0 Å². The fraction of sp³-hybridized carbons (Fsp3) is 0.421. The molecule has 102 valence electrons. The monoisotopic (exact) mass is 264 g/mol. The van der Waals surface area contributed by atoms with Crippen LogP contribution in [0.1, 0.15) is 41.0 Å². The first-order valence-electron chi connectivity index (χ1n) is 7.72. The SMILES string of the molecule is Cc1ccc(-c2cc3c(c[n+]2C)CC2CC3C2)c(C)c1. The van der Waals surface area contributed by atoms with E-state index in [1.54, 1.807) is 11.1 Å². The number of hydrogen-bond donors (Lipinski definition) is 0. The largest absolute Gasteiger partial charge is 0.212 e. The maximum absolute atomic E-state index is 2.47. The summed E-state index contributed by atoms with van der Waals surface area (Å²) in [7, 11) is 2.19. The second kappa shape index (κ2) is 4.18. The maximum Gasteiger partial charge on any atom is 0.212 e. The molecule has 1 heteroatoms. The van der Waals surface area contributed by atoms with Crippen LogP contribution in [-0.2, 0) is 13.5 Å². The molecule has 1 heterocycles. The molecule has 0 saturated heterocycles. The zero-order chi connectivity index (χ0) is 13.9. The van der Waals surface area contributed by atoms with Gasteiger partial charge >= 0.3 is 0 Å². The minimum Gasteiger partial charge on any atom is -0.201 e. The predicted molar refractivity (Wildman–Crippen MR) is 81.7 cm³/mol. The molecule has 1 fully saturated rings. The standard InChI is InChI=1S/C19H22N/c1-12-4-5-17(13(2)6-12)19-10-18-15-7-14(8-15)9-16(18)11-20(19)3/h4-6,10-11,14-15H,7-9H2,1-3H3/q+1. The van der Waals surface area contributed by atoms with Crippen molar-refractivity contribution in [1.29, 1.82) is 0 Å². The molecule has 3 aliphatic carbocycles. The highest BCUT2D eigenvalue weighted by molar-refractivity contribution is 5.63. The van der Waals surface area contributed by atoms with Gasteiger partial charge in [-0.3, -0.25) is 0 Å². The van der Waals surface area contributed by atoms with Gasteiger partial charge < -0.3 is 0 Å². The zero-order valence-electron chi connectivity index (χ0n) is 12.6. The third-order valence-corrected chi connectivity index (χ3v) is 5.23. The minimum atomic E-state index is 0.842. The van der Waals surface area contributed by atoms with Gasteiger partial charge in [0.25, 0.3) is 0 Å². The van der Waals surface area contributed by atoms with Crippen LogP contribution in [0.15, 0.2) is 30.5 Å². The van der Waals surface area contributed by atoms with Gasteiger partial charge in [0, 0.05) is 17.2 Å². The number of nitrogens with zero attached hydrogens (tertiary/aromatic N) is 1. The average Bonchev–Trinajstić information content (AvgIpc) is 2.36. The molecule has 1 nitrogen and oxygen atoms in total. The Morgan fingerprint density at radius 3 is 2.65 bits per heavy atom. The van der Waals surface area contributed by atoms with Crippen LogP contribution in [0.4, 0.5) is 0 Å². The first-order chi connectivity index (χ1) is 9.61. The van der Waals surface area contributed by atoms with Crippen LogP contribution in [0.25, 0.3) is 11.3 Å². The molecule has 0 unspecified atom stereocenters. The van der Waals surface area contributed by atoms with Crippen molar-refractivity contribution in [1.82, 2.24) is 0 Å². The van der Waals surface area contributed by atoms with E-state index in [1.807, 2.05) is 0 Å². The highest BCUT2D eigenvalue weighted by Gasteiger charge is 2.38. The second-order valence-electron chi connectivity index (χ2n) is 6.81.